The third-order valence-corrected chi connectivity index (χ3v) is 7.34. The molecule has 2 heterocycles. The van der Waals surface area contributed by atoms with Gasteiger partial charge in [-0.05, 0) is 37.1 Å². The lowest BCUT2D eigenvalue weighted by Gasteiger charge is -2.30. The molecule has 1 aliphatic heterocycles. The maximum Gasteiger partial charge on any atom is 0.416 e. The van der Waals surface area contributed by atoms with Gasteiger partial charge < -0.3 is 9.26 Å². The number of carbonyl (C=O) groups excluding carboxylic acids is 1. The van der Waals surface area contributed by atoms with Crippen LogP contribution in [0.5, 0.6) is 0 Å². The lowest BCUT2D eigenvalue weighted by Crippen LogP contribution is -2.40. The topological polar surface area (TPSA) is 103 Å². The fraction of sp³-hybridized carbons (Fsp3) is 0.318. The predicted octanol–water partition coefficient (Wildman–Crippen LogP) is 3.90. The first-order valence-corrected chi connectivity index (χ1v) is 11.8. The first kappa shape index (κ1) is 23.9. The molecule has 0 radical (unpaired) electrons. The van der Waals surface area contributed by atoms with E-state index in [2.05, 4.69) is 10.1 Å². The molecule has 3 aromatic rings. The highest BCUT2D eigenvalue weighted by atomic mass is 32.2. The van der Waals surface area contributed by atoms with Crippen molar-refractivity contribution in [2.24, 2.45) is 5.92 Å². The van der Waals surface area contributed by atoms with E-state index in [1.54, 1.807) is 18.2 Å². The monoisotopic (exact) mass is 495 g/mol. The van der Waals surface area contributed by atoms with Crippen LogP contribution in [0, 0.1) is 5.92 Å². The summed E-state index contributed by atoms with van der Waals surface area (Å²) in [5.74, 6) is -1.15. The Labute approximate surface area is 193 Å². The molecule has 180 valence electrons. The minimum Gasteiger partial charge on any atom is -0.455 e. The van der Waals surface area contributed by atoms with Crippen molar-refractivity contribution in [3.8, 4) is 11.4 Å². The lowest BCUT2D eigenvalue weighted by molar-refractivity contribution is -0.152. The van der Waals surface area contributed by atoms with Gasteiger partial charge in [-0.15, -0.1) is 0 Å². The van der Waals surface area contributed by atoms with E-state index in [-0.39, 0.29) is 41.9 Å². The summed E-state index contributed by atoms with van der Waals surface area (Å²) in [6.07, 6.45) is -3.91. The van der Waals surface area contributed by atoms with Crippen LogP contribution in [-0.4, -0.2) is 41.9 Å². The zero-order chi connectivity index (χ0) is 24.3. The molecule has 12 heteroatoms. The number of rotatable bonds is 6. The molecule has 1 aliphatic rings. The van der Waals surface area contributed by atoms with E-state index in [4.69, 9.17) is 9.26 Å². The van der Waals surface area contributed by atoms with Crippen molar-refractivity contribution < 1.29 is 35.6 Å². The van der Waals surface area contributed by atoms with E-state index >= 15 is 0 Å². The molecule has 0 unspecified atom stereocenters. The fourth-order valence-electron chi connectivity index (χ4n) is 3.59. The Kier molecular flexibility index (Phi) is 6.71. The van der Waals surface area contributed by atoms with E-state index in [9.17, 15) is 26.4 Å². The number of aromatic nitrogens is 2. The van der Waals surface area contributed by atoms with Crippen LogP contribution in [0.1, 0.15) is 24.3 Å². The first-order chi connectivity index (χ1) is 16.1. The molecule has 1 saturated heterocycles. The van der Waals surface area contributed by atoms with Crippen LogP contribution in [0.4, 0.5) is 13.2 Å². The SMILES string of the molecule is O=C(OCc1nc(-c2cccc(C(F)(F)F)c2)no1)C1CCN(S(=O)(=O)c2ccccc2)CC1. The van der Waals surface area contributed by atoms with Crippen LogP contribution in [-0.2, 0) is 32.3 Å². The highest BCUT2D eigenvalue weighted by molar-refractivity contribution is 7.89. The molecule has 0 amide bonds. The van der Waals surface area contributed by atoms with Crippen molar-refractivity contribution in [2.75, 3.05) is 13.1 Å². The summed E-state index contributed by atoms with van der Waals surface area (Å²) >= 11 is 0. The van der Waals surface area contributed by atoms with Crippen LogP contribution in [0.3, 0.4) is 0 Å². The van der Waals surface area contributed by atoms with Crippen molar-refractivity contribution in [2.45, 2.75) is 30.5 Å². The zero-order valence-corrected chi connectivity index (χ0v) is 18.6. The maximum atomic E-state index is 12.9. The first-order valence-electron chi connectivity index (χ1n) is 10.4. The van der Waals surface area contributed by atoms with Gasteiger partial charge in [0.05, 0.1) is 16.4 Å². The van der Waals surface area contributed by atoms with Crippen molar-refractivity contribution in [3.63, 3.8) is 0 Å². The van der Waals surface area contributed by atoms with Crippen molar-refractivity contribution in [1.82, 2.24) is 14.4 Å². The normalized spacial score (nSPS) is 15.9. The van der Waals surface area contributed by atoms with Gasteiger partial charge in [-0.3, -0.25) is 4.79 Å². The number of carbonyl (C=O) groups is 1. The van der Waals surface area contributed by atoms with Gasteiger partial charge in [0.2, 0.25) is 15.8 Å². The van der Waals surface area contributed by atoms with Crippen LogP contribution < -0.4 is 0 Å². The van der Waals surface area contributed by atoms with Crippen molar-refractivity contribution in [3.05, 3.63) is 66.1 Å². The quantitative estimate of drug-likeness (QED) is 0.478. The minimum absolute atomic E-state index is 0.0587. The third-order valence-electron chi connectivity index (χ3n) is 5.42. The highest BCUT2D eigenvalue weighted by Gasteiger charge is 2.33. The third kappa shape index (κ3) is 5.28. The van der Waals surface area contributed by atoms with Gasteiger partial charge in [0, 0.05) is 18.7 Å². The van der Waals surface area contributed by atoms with Crippen molar-refractivity contribution in [1.29, 1.82) is 0 Å². The molecule has 1 aromatic heterocycles. The maximum absolute atomic E-state index is 12.9. The highest BCUT2D eigenvalue weighted by Crippen LogP contribution is 2.31. The van der Waals surface area contributed by atoms with E-state index in [1.165, 1.54) is 28.6 Å². The van der Waals surface area contributed by atoms with Gasteiger partial charge in [0.1, 0.15) is 0 Å². The van der Waals surface area contributed by atoms with E-state index < -0.39 is 33.7 Å². The molecule has 0 N–H and O–H groups in total. The Morgan fingerprint density at radius 2 is 1.79 bits per heavy atom. The number of alkyl halides is 3. The molecule has 0 atom stereocenters. The van der Waals surface area contributed by atoms with Crippen LogP contribution in [0.15, 0.2) is 64.0 Å². The minimum atomic E-state index is -4.51. The molecule has 34 heavy (non-hydrogen) atoms. The molecule has 0 bridgehead atoms. The molecule has 2 aromatic carbocycles. The Bertz CT molecular complexity index is 1250. The Morgan fingerprint density at radius 1 is 1.09 bits per heavy atom. The van der Waals surface area contributed by atoms with Gasteiger partial charge in [0.25, 0.3) is 5.89 Å². The summed E-state index contributed by atoms with van der Waals surface area (Å²) in [6.45, 7) is 0.0157. The number of halogens is 3. The molecule has 8 nitrogen and oxygen atoms in total. The summed E-state index contributed by atoms with van der Waals surface area (Å²) in [5, 5.41) is 3.65. The number of benzene rings is 2. The standard InChI is InChI=1S/C22H20F3N3O5S/c23-22(24,25)17-6-4-5-16(13-17)20-26-19(33-27-20)14-32-21(29)15-9-11-28(12-10-15)34(30,31)18-7-2-1-3-8-18/h1-8,13,15H,9-12,14H2. The van der Waals surface area contributed by atoms with Gasteiger partial charge >= 0.3 is 12.1 Å². The predicted molar refractivity (Wildman–Crippen MR) is 112 cm³/mol. The van der Waals surface area contributed by atoms with Gasteiger partial charge in [-0.25, -0.2) is 8.42 Å². The molecular formula is C22H20F3N3O5S. The summed E-state index contributed by atoms with van der Waals surface area (Å²) in [4.78, 5) is 16.6. The van der Waals surface area contributed by atoms with Gasteiger partial charge in [0.15, 0.2) is 6.61 Å². The van der Waals surface area contributed by atoms with E-state index in [1.807, 2.05) is 0 Å². The fourth-order valence-corrected chi connectivity index (χ4v) is 5.08. The molecule has 1 fully saturated rings. The number of esters is 1. The van der Waals surface area contributed by atoms with Crippen LogP contribution >= 0.6 is 0 Å². The van der Waals surface area contributed by atoms with Gasteiger partial charge in [-0.1, -0.05) is 35.5 Å². The average Bonchev–Trinajstić information content (AvgIpc) is 3.32. The molecule has 0 aliphatic carbocycles. The number of piperidine rings is 1. The van der Waals surface area contributed by atoms with Crippen LogP contribution in [0.2, 0.25) is 0 Å². The molecule has 0 spiro atoms. The summed E-state index contributed by atoms with van der Waals surface area (Å²) in [7, 11) is -3.62. The summed E-state index contributed by atoms with van der Waals surface area (Å²) in [6, 6.07) is 12.5. The van der Waals surface area contributed by atoms with E-state index in [0.717, 1.165) is 12.1 Å². The van der Waals surface area contributed by atoms with Crippen molar-refractivity contribution >= 4 is 16.0 Å². The Hall–Kier alpha value is -3.25. The second-order valence-electron chi connectivity index (χ2n) is 7.69. The number of hydrogen-bond acceptors (Lipinski definition) is 7. The molecular weight excluding hydrogens is 475 g/mol. The number of sulfonamides is 1. The number of hydrogen-bond donors (Lipinski definition) is 0. The smallest absolute Gasteiger partial charge is 0.416 e. The number of nitrogens with zero attached hydrogens (tertiary/aromatic N) is 3. The lowest BCUT2D eigenvalue weighted by atomic mass is 9.98. The molecule has 0 saturated carbocycles. The number of ether oxygens (including phenoxy) is 1. The summed E-state index contributed by atoms with van der Waals surface area (Å²) in [5.41, 5.74) is -0.730. The molecule has 4 rings (SSSR count). The Balaban J connectivity index is 1.31. The van der Waals surface area contributed by atoms with E-state index in [0.29, 0.717) is 12.8 Å². The second kappa shape index (κ2) is 9.55. The second-order valence-corrected chi connectivity index (χ2v) is 9.63. The van der Waals surface area contributed by atoms with Crippen LogP contribution in [0.25, 0.3) is 11.4 Å². The summed E-state index contributed by atoms with van der Waals surface area (Å²) < 4.78 is 75.6. The average molecular weight is 495 g/mol. The largest absolute Gasteiger partial charge is 0.455 e. The van der Waals surface area contributed by atoms with Gasteiger partial charge in [-0.2, -0.15) is 22.5 Å². The Morgan fingerprint density at radius 3 is 2.47 bits per heavy atom. The zero-order valence-electron chi connectivity index (χ0n) is 17.7.